The van der Waals surface area contributed by atoms with Crippen molar-refractivity contribution in [3.05, 3.63) is 64.8 Å². The predicted octanol–water partition coefficient (Wildman–Crippen LogP) is 4.25. The minimum Gasteiger partial charge on any atom is -0.378 e. The lowest BCUT2D eigenvalue weighted by atomic mass is 10.1. The Kier molecular flexibility index (Phi) is 7.85. The molecule has 1 aliphatic rings. The summed E-state index contributed by atoms with van der Waals surface area (Å²) in [7, 11) is 0. The molecular formula is C21H20Cl2F2N6O2. The van der Waals surface area contributed by atoms with Gasteiger partial charge in [-0.1, -0.05) is 23.7 Å². The predicted molar refractivity (Wildman–Crippen MR) is 125 cm³/mol. The normalized spacial score (nSPS) is 13.2. The summed E-state index contributed by atoms with van der Waals surface area (Å²) in [5.41, 5.74) is 6.05. The number of nitrogens with two attached hydrogens (primary N) is 1. The van der Waals surface area contributed by atoms with E-state index in [1.807, 2.05) is 0 Å². The van der Waals surface area contributed by atoms with Gasteiger partial charge in [0.05, 0.1) is 42.0 Å². The molecule has 1 saturated heterocycles. The maximum absolute atomic E-state index is 14.7. The Labute approximate surface area is 199 Å². The highest BCUT2D eigenvalue weighted by atomic mass is 35.5. The number of morpholine rings is 1. The van der Waals surface area contributed by atoms with Crippen molar-refractivity contribution in [1.29, 1.82) is 0 Å². The maximum atomic E-state index is 14.7. The fourth-order valence-corrected chi connectivity index (χ4v) is 3.39. The van der Waals surface area contributed by atoms with Gasteiger partial charge in [-0.3, -0.25) is 4.79 Å². The zero-order valence-electron chi connectivity index (χ0n) is 17.1. The van der Waals surface area contributed by atoms with E-state index in [2.05, 4.69) is 20.6 Å². The van der Waals surface area contributed by atoms with E-state index in [9.17, 15) is 13.6 Å². The van der Waals surface area contributed by atoms with E-state index in [1.165, 1.54) is 18.3 Å². The van der Waals surface area contributed by atoms with Gasteiger partial charge in [0.15, 0.2) is 17.5 Å². The molecule has 2 heterocycles. The van der Waals surface area contributed by atoms with E-state index in [1.54, 1.807) is 29.2 Å². The Bertz CT molecular complexity index is 1160. The largest absolute Gasteiger partial charge is 0.378 e. The van der Waals surface area contributed by atoms with Crippen LogP contribution < -0.4 is 21.3 Å². The van der Waals surface area contributed by atoms with Crippen molar-refractivity contribution in [3.8, 4) is 0 Å². The number of hydrogen-bond acceptors (Lipinski definition) is 7. The molecule has 1 fully saturated rings. The van der Waals surface area contributed by atoms with Crippen molar-refractivity contribution in [3.63, 3.8) is 0 Å². The average molecular weight is 497 g/mol. The molecule has 0 aliphatic carbocycles. The molecule has 4 N–H and O–H groups in total. The molecule has 1 amide bonds. The first-order chi connectivity index (χ1) is 15.4. The second-order valence-electron chi connectivity index (χ2n) is 6.91. The monoisotopic (exact) mass is 496 g/mol. The first-order valence-corrected chi connectivity index (χ1v) is 10.1. The number of para-hydroxylation sites is 1. The number of carbonyl (C=O) groups excluding carboxylic acids is 1. The van der Waals surface area contributed by atoms with Crippen LogP contribution in [-0.4, -0.2) is 42.2 Å². The number of amides is 1. The van der Waals surface area contributed by atoms with Gasteiger partial charge in [0.1, 0.15) is 5.02 Å². The fraction of sp³-hybridized carbons (Fsp3) is 0.190. The molecule has 0 radical (unpaired) electrons. The van der Waals surface area contributed by atoms with Crippen molar-refractivity contribution in [2.24, 2.45) is 5.73 Å². The van der Waals surface area contributed by atoms with Crippen LogP contribution in [0.5, 0.6) is 0 Å². The summed E-state index contributed by atoms with van der Waals surface area (Å²) in [5.74, 6) is -2.52. The average Bonchev–Trinajstić information content (AvgIpc) is 2.80. The Morgan fingerprint density at radius 2 is 1.79 bits per heavy atom. The number of nitrogens with zero attached hydrogens (tertiary/aromatic N) is 3. The summed E-state index contributed by atoms with van der Waals surface area (Å²) in [4.78, 5) is 21.6. The van der Waals surface area contributed by atoms with Crippen LogP contribution in [0.1, 0.15) is 10.4 Å². The van der Waals surface area contributed by atoms with Gasteiger partial charge < -0.3 is 26.0 Å². The second-order valence-corrected chi connectivity index (χ2v) is 7.32. The number of hydrogen-bond donors (Lipinski definition) is 3. The van der Waals surface area contributed by atoms with Gasteiger partial charge in [0.25, 0.3) is 5.91 Å². The molecule has 0 saturated carbocycles. The molecule has 1 aromatic heterocycles. The van der Waals surface area contributed by atoms with Gasteiger partial charge in [-0.15, -0.1) is 12.4 Å². The number of primary amides is 1. The molecule has 0 bridgehead atoms. The van der Waals surface area contributed by atoms with Crippen molar-refractivity contribution < 1.29 is 18.3 Å². The summed E-state index contributed by atoms with van der Waals surface area (Å²) in [6.45, 7) is 1.86. The van der Waals surface area contributed by atoms with Gasteiger partial charge in [0, 0.05) is 13.1 Å². The number of ether oxygens (including phenoxy) is 1. The van der Waals surface area contributed by atoms with Crippen LogP contribution in [0.25, 0.3) is 0 Å². The summed E-state index contributed by atoms with van der Waals surface area (Å²) < 4.78 is 34.7. The number of carbonyl (C=O) groups is 1. The standard InChI is InChI=1S/C21H19ClF2N6O2.ClH/c22-13-11-26-21(29-20(13)27-14-4-2-1-3-12(14)19(25)31)28-15-5-6-16(18(24)17(15)23)30-7-9-32-10-8-30;/h1-6,11H,7-10H2,(H2,25,31)(H2,26,27,28,29);1H. The molecule has 1 aliphatic heterocycles. The fourth-order valence-electron chi connectivity index (χ4n) is 3.25. The smallest absolute Gasteiger partial charge is 0.250 e. The van der Waals surface area contributed by atoms with E-state index in [0.29, 0.717) is 32.0 Å². The summed E-state index contributed by atoms with van der Waals surface area (Å²) >= 11 is 6.16. The summed E-state index contributed by atoms with van der Waals surface area (Å²) in [5, 5.41) is 5.74. The van der Waals surface area contributed by atoms with E-state index in [-0.39, 0.29) is 46.1 Å². The SMILES string of the molecule is Cl.NC(=O)c1ccccc1Nc1nc(Nc2ccc(N3CCOCC3)c(F)c2F)ncc1Cl. The number of nitrogens with one attached hydrogen (secondary N) is 2. The summed E-state index contributed by atoms with van der Waals surface area (Å²) in [6, 6.07) is 9.45. The minimum atomic E-state index is -1.05. The Hall–Kier alpha value is -3.21. The third-order valence-corrected chi connectivity index (χ3v) is 5.13. The molecule has 0 spiro atoms. The zero-order valence-corrected chi connectivity index (χ0v) is 18.7. The van der Waals surface area contributed by atoms with E-state index in [0.717, 1.165) is 0 Å². The summed E-state index contributed by atoms with van der Waals surface area (Å²) in [6.07, 6.45) is 1.29. The lowest BCUT2D eigenvalue weighted by Crippen LogP contribution is -2.36. The van der Waals surface area contributed by atoms with Crippen molar-refractivity contribution >= 4 is 58.7 Å². The van der Waals surface area contributed by atoms with E-state index in [4.69, 9.17) is 22.1 Å². The van der Waals surface area contributed by atoms with Crippen LogP contribution in [0.4, 0.5) is 37.6 Å². The Morgan fingerprint density at radius 1 is 1.06 bits per heavy atom. The quantitative estimate of drug-likeness (QED) is 0.468. The van der Waals surface area contributed by atoms with Gasteiger partial charge in [-0.2, -0.15) is 4.98 Å². The number of rotatable bonds is 6. The van der Waals surface area contributed by atoms with Crippen LogP contribution in [-0.2, 0) is 4.74 Å². The molecule has 2 aromatic carbocycles. The molecule has 0 atom stereocenters. The minimum absolute atomic E-state index is 0. The number of halogens is 4. The third kappa shape index (κ3) is 5.41. The number of benzene rings is 2. The van der Waals surface area contributed by atoms with Crippen molar-refractivity contribution in [2.75, 3.05) is 41.8 Å². The molecule has 8 nitrogen and oxygen atoms in total. The second kappa shape index (κ2) is 10.6. The first kappa shape index (κ1) is 24.4. The third-order valence-electron chi connectivity index (χ3n) is 4.85. The molecule has 4 rings (SSSR count). The zero-order chi connectivity index (χ0) is 22.7. The number of anilines is 5. The number of aromatic nitrogens is 2. The van der Waals surface area contributed by atoms with Crippen LogP contribution in [0, 0.1) is 11.6 Å². The highest BCUT2D eigenvalue weighted by molar-refractivity contribution is 6.33. The lowest BCUT2D eigenvalue weighted by Gasteiger charge is -2.29. The van der Waals surface area contributed by atoms with Crippen LogP contribution in [0.15, 0.2) is 42.6 Å². The van der Waals surface area contributed by atoms with Crippen LogP contribution in [0.2, 0.25) is 5.02 Å². The van der Waals surface area contributed by atoms with E-state index < -0.39 is 17.5 Å². The maximum Gasteiger partial charge on any atom is 0.250 e. The van der Waals surface area contributed by atoms with Crippen LogP contribution in [0.3, 0.4) is 0 Å². The Balaban J connectivity index is 0.00000306. The molecule has 3 aromatic rings. The molecule has 174 valence electrons. The van der Waals surface area contributed by atoms with Gasteiger partial charge >= 0.3 is 0 Å². The molecule has 33 heavy (non-hydrogen) atoms. The van der Waals surface area contributed by atoms with Gasteiger partial charge in [0.2, 0.25) is 5.95 Å². The van der Waals surface area contributed by atoms with Gasteiger partial charge in [-0.25, -0.2) is 13.8 Å². The highest BCUT2D eigenvalue weighted by Crippen LogP contribution is 2.30. The van der Waals surface area contributed by atoms with Crippen LogP contribution >= 0.6 is 24.0 Å². The lowest BCUT2D eigenvalue weighted by molar-refractivity contribution is 0.100. The van der Waals surface area contributed by atoms with Gasteiger partial charge in [-0.05, 0) is 24.3 Å². The highest BCUT2D eigenvalue weighted by Gasteiger charge is 2.21. The topological polar surface area (TPSA) is 105 Å². The van der Waals surface area contributed by atoms with E-state index >= 15 is 0 Å². The van der Waals surface area contributed by atoms with Crippen molar-refractivity contribution in [2.45, 2.75) is 0 Å². The molecular weight excluding hydrogens is 477 g/mol. The first-order valence-electron chi connectivity index (χ1n) is 9.70. The Morgan fingerprint density at radius 3 is 2.52 bits per heavy atom. The molecule has 0 unspecified atom stereocenters. The van der Waals surface area contributed by atoms with Crippen molar-refractivity contribution in [1.82, 2.24) is 9.97 Å². The molecule has 12 heteroatoms.